The zero-order valence-electron chi connectivity index (χ0n) is 11.6. The van der Waals surface area contributed by atoms with E-state index in [9.17, 15) is 14.5 Å². The van der Waals surface area contributed by atoms with Gasteiger partial charge in [-0.25, -0.2) is 4.39 Å². The molecule has 0 amide bonds. The highest BCUT2D eigenvalue weighted by Crippen LogP contribution is 2.25. The monoisotopic (exact) mass is 352 g/mol. The Kier molecular flexibility index (Phi) is 4.57. The minimum atomic E-state index is -0.390. The molecule has 4 nitrogen and oxygen atoms in total. The van der Waals surface area contributed by atoms with Crippen LogP contribution in [0.2, 0.25) is 0 Å². The SMILES string of the molecule is Cc1cc(F)c(Br)cc1NCc1ccc(C)c([N+](=O)[O-])c1. The summed E-state index contributed by atoms with van der Waals surface area (Å²) in [7, 11) is 0. The van der Waals surface area contributed by atoms with Crippen molar-refractivity contribution in [3.63, 3.8) is 0 Å². The van der Waals surface area contributed by atoms with Gasteiger partial charge in [-0.1, -0.05) is 12.1 Å². The summed E-state index contributed by atoms with van der Waals surface area (Å²) in [5.41, 5.74) is 3.09. The van der Waals surface area contributed by atoms with Gasteiger partial charge < -0.3 is 5.32 Å². The lowest BCUT2D eigenvalue weighted by Crippen LogP contribution is -2.03. The summed E-state index contributed by atoms with van der Waals surface area (Å²) in [4.78, 5) is 10.5. The molecule has 0 aliphatic carbocycles. The maximum Gasteiger partial charge on any atom is 0.272 e. The first kappa shape index (κ1) is 15.4. The normalized spacial score (nSPS) is 10.5. The van der Waals surface area contributed by atoms with E-state index in [4.69, 9.17) is 0 Å². The quantitative estimate of drug-likeness (QED) is 0.639. The molecule has 2 rings (SSSR count). The van der Waals surface area contributed by atoms with Crippen molar-refractivity contribution in [2.45, 2.75) is 20.4 Å². The van der Waals surface area contributed by atoms with Gasteiger partial charge in [0.15, 0.2) is 0 Å². The molecule has 0 saturated carbocycles. The maximum atomic E-state index is 13.4. The third-order valence-corrected chi connectivity index (χ3v) is 3.83. The predicted molar refractivity (Wildman–Crippen MR) is 84.0 cm³/mol. The third kappa shape index (κ3) is 3.58. The van der Waals surface area contributed by atoms with E-state index in [2.05, 4.69) is 21.2 Å². The summed E-state index contributed by atoms with van der Waals surface area (Å²) >= 11 is 3.14. The van der Waals surface area contributed by atoms with E-state index < -0.39 is 4.92 Å². The van der Waals surface area contributed by atoms with Crippen molar-refractivity contribution in [3.05, 3.63) is 67.4 Å². The van der Waals surface area contributed by atoms with Crippen LogP contribution in [0.4, 0.5) is 15.8 Å². The van der Waals surface area contributed by atoms with E-state index in [0.717, 1.165) is 16.8 Å². The van der Waals surface area contributed by atoms with Crippen LogP contribution in [0.5, 0.6) is 0 Å². The predicted octanol–water partition coefficient (Wildman–Crippen LogP) is 4.73. The molecule has 0 heterocycles. The highest BCUT2D eigenvalue weighted by molar-refractivity contribution is 9.10. The van der Waals surface area contributed by atoms with Crippen LogP contribution in [0, 0.1) is 29.8 Å². The molecular weight excluding hydrogens is 339 g/mol. The number of nitro groups is 1. The van der Waals surface area contributed by atoms with Gasteiger partial charge >= 0.3 is 0 Å². The fourth-order valence-electron chi connectivity index (χ4n) is 2.00. The fourth-order valence-corrected chi connectivity index (χ4v) is 2.34. The van der Waals surface area contributed by atoms with Crippen molar-refractivity contribution in [2.75, 3.05) is 5.32 Å². The Morgan fingerprint density at radius 2 is 1.95 bits per heavy atom. The van der Waals surface area contributed by atoms with Crippen LogP contribution in [0.25, 0.3) is 0 Å². The minimum absolute atomic E-state index is 0.103. The zero-order chi connectivity index (χ0) is 15.6. The minimum Gasteiger partial charge on any atom is -0.381 e. The molecule has 0 atom stereocenters. The highest BCUT2D eigenvalue weighted by Gasteiger charge is 2.11. The van der Waals surface area contributed by atoms with Gasteiger partial charge in [-0.15, -0.1) is 0 Å². The van der Waals surface area contributed by atoms with Crippen LogP contribution in [0.15, 0.2) is 34.8 Å². The third-order valence-electron chi connectivity index (χ3n) is 3.22. The molecule has 0 aliphatic heterocycles. The summed E-state index contributed by atoms with van der Waals surface area (Å²) in [6, 6.07) is 8.21. The fraction of sp³-hybridized carbons (Fsp3) is 0.200. The molecule has 110 valence electrons. The Balaban J connectivity index is 2.19. The molecule has 2 aromatic rings. The lowest BCUT2D eigenvalue weighted by molar-refractivity contribution is -0.385. The van der Waals surface area contributed by atoms with Crippen LogP contribution in [0.1, 0.15) is 16.7 Å². The van der Waals surface area contributed by atoms with Gasteiger partial charge in [0.1, 0.15) is 5.82 Å². The van der Waals surface area contributed by atoms with Crippen LogP contribution in [0.3, 0.4) is 0 Å². The van der Waals surface area contributed by atoms with Gasteiger partial charge in [-0.05, 0) is 53.0 Å². The summed E-state index contributed by atoms with van der Waals surface area (Å²) in [5.74, 6) is -0.316. The molecule has 0 fully saturated rings. The van der Waals surface area contributed by atoms with Crippen molar-refractivity contribution < 1.29 is 9.31 Å². The standard InChI is InChI=1S/C15H14BrFN2O2/c1-9-3-4-11(6-15(9)19(20)21)8-18-14-7-12(16)13(17)5-10(14)2/h3-7,18H,8H2,1-2H3. The Morgan fingerprint density at radius 1 is 1.24 bits per heavy atom. The topological polar surface area (TPSA) is 55.2 Å². The summed E-state index contributed by atoms with van der Waals surface area (Å²) in [5, 5.41) is 14.1. The molecule has 0 spiro atoms. The molecule has 21 heavy (non-hydrogen) atoms. The van der Waals surface area contributed by atoms with E-state index >= 15 is 0 Å². The number of anilines is 1. The number of nitrogens with one attached hydrogen (secondary N) is 1. The van der Waals surface area contributed by atoms with E-state index in [1.54, 1.807) is 32.0 Å². The van der Waals surface area contributed by atoms with Gasteiger partial charge in [0.2, 0.25) is 0 Å². The van der Waals surface area contributed by atoms with Crippen LogP contribution < -0.4 is 5.32 Å². The van der Waals surface area contributed by atoms with Gasteiger partial charge in [-0.2, -0.15) is 0 Å². The second-order valence-corrected chi connectivity index (χ2v) is 5.67. The molecule has 1 N–H and O–H groups in total. The van der Waals surface area contributed by atoms with Crippen molar-refractivity contribution >= 4 is 27.3 Å². The molecule has 0 aliphatic rings. The molecular formula is C15H14BrFN2O2. The number of hydrogen-bond donors (Lipinski definition) is 1. The largest absolute Gasteiger partial charge is 0.381 e. The van der Waals surface area contributed by atoms with E-state index in [0.29, 0.717) is 16.6 Å². The number of nitrogens with zero attached hydrogens (tertiary/aromatic N) is 1. The van der Waals surface area contributed by atoms with Gasteiger partial charge in [-0.3, -0.25) is 10.1 Å². The molecule has 0 bridgehead atoms. The second kappa shape index (κ2) is 6.22. The van der Waals surface area contributed by atoms with Crippen molar-refractivity contribution in [1.29, 1.82) is 0 Å². The number of benzene rings is 2. The number of hydrogen-bond acceptors (Lipinski definition) is 3. The molecule has 6 heteroatoms. The smallest absolute Gasteiger partial charge is 0.272 e. The first-order chi connectivity index (χ1) is 9.88. The zero-order valence-corrected chi connectivity index (χ0v) is 13.2. The Morgan fingerprint density at radius 3 is 2.62 bits per heavy atom. The molecule has 0 radical (unpaired) electrons. The van der Waals surface area contributed by atoms with Gasteiger partial charge in [0, 0.05) is 23.9 Å². The highest BCUT2D eigenvalue weighted by atomic mass is 79.9. The number of nitro benzene ring substituents is 1. The Hall–Kier alpha value is -1.95. The van der Waals surface area contributed by atoms with Gasteiger partial charge in [0.25, 0.3) is 5.69 Å². The molecule has 0 unspecified atom stereocenters. The van der Waals surface area contributed by atoms with Crippen molar-refractivity contribution in [2.24, 2.45) is 0 Å². The number of aryl methyl sites for hydroxylation is 2. The second-order valence-electron chi connectivity index (χ2n) is 4.81. The van der Waals surface area contributed by atoms with E-state index in [1.807, 2.05) is 6.07 Å². The first-order valence-corrected chi connectivity index (χ1v) is 7.11. The molecule has 0 saturated heterocycles. The lowest BCUT2D eigenvalue weighted by atomic mass is 10.1. The maximum absolute atomic E-state index is 13.4. The Labute approximate surface area is 130 Å². The van der Waals surface area contributed by atoms with Crippen molar-refractivity contribution in [1.82, 2.24) is 0 Å². The summed E-state index contributed by atoms with van der Waals surface area (Å²) < 4.78 is 13.7. The number of halogens is 2. The summed E-state index contributed by atoms with van der Waals surface area (Å²) in [6.45, 7) is 3.94. The average Bonchev–Trinajstić information content (AvgIpc) is 2.42. The van der Waals surface area contributed by atoms with E-state index in [1.165, 1.54) is 6.07 Å². The van der Waals surface area contributed by atoms with Crippen molar-refractivity contribution in [3.8, 4) is 0 Å². The Bertz CT molecular complexity index is 704. The molecule has 2 aromatic carbocycles. The molecule has 0 aromatic heterocycles. The summed E-state index contributed by atoms with van der Waals surface area (Å²) in [6.07, 6.45) is 0. The van der Waals surface area contributed by atoms with Crippen LogP contribution >= 0.6 is 15.9 Å². The van der Waals surface area contributed by atoms with Crippen LogP contribution in [-0.4, -0.2) is 4.92 Å². The van der Waals surface area contributed by atoms with E-state index in [-0.39, 0.29) is 11.5 Å². The van der Waals surface area contributed by atoms with Crippen LogP contribution in [-0.2, 0) is 6.54 Å². The van der Waals surface area contributed by atoms with Gasteiger partial charge in [0.05, 0.1) is 9.40 Å². The number of rotatable bonds is 4. The lowest BCUT2D eigenvalue weighted by Gasteiger charge is -2.11. The first-order valence-electron chi connectivity index (χ1n) is 6.32. The average molecular weight is 353 g/mol.